The van der Waals surface area contributed by atoms with Gasteiger partial charge in [-0.3, -0.25) is 0 Å². The van der Waals surface area contributed by atoms with Crippen molar-refractivity contribution in [2.45, 2.75) is 50.9 Å². The van der Waals surface area contributed by atoms with Gasteiger partial charge >= 0.3 is 0 Å². The molecular formula is C15H23NS. The lowest BCUT2D eigenvalue weighted by atomic mass is 10.0. The molecule has 1 aliphatic rings. The summed E-state index contributed by atoms with van der Waals surface area (Å²) in [5, 5.41) is 4.50. The average molecular weight is 249 g/mol. The van der Waals surface area contributed by atoms with Crippen LogP contribution in [-0.2, 0) is 13.0 Å². The molecule has 0 saturated carbocycles. The van der Waals surface area contributed by atoms with Gasteiger partial charge in [-0.05, 0) is 36.1 Å². The molecule has 0 spiro atoms. The Morgan fingerprint density at radius 3 is 2.76 bits per heavy atom. The van der Waals surface area contributed by atoms with Gasteiger partial charge in [-0.2, -0.15) is 11.8 Å². The Morgan fingerprint density at radius 2 is 2.06 bits per heavy atom. The highest BCUT2D eigenvalue weighted by atomic mass is 32.2. The topological polar surface area (TPSA) is 12.0 Å². The van der Waals surface area contributed by atoms with E-state index in [1.165, 1.54) is 29.7 Å². The van der Waals surface area contributed by atoms with Crippen LogP contribution in [0.1, 0.15) is 37.8 Å². The van der Waals surface area contributed by atoms with E-state index in [9.17, 15) is 0 Å². The summed E-state index contributed by atoms with van der Waals surface area (Å²) in [5.74, 6) is 1.34. The third-order valence-corrected chi connectivity index (χ3v) is 5.04. The van der Waals surface area contributed by atoms with Crippen LogP contribution in [0.15, 0.2) is 24.3 Å². The summed E-state index contributed by atoms with van der Waals surface area (Å²) < 4.78 is 0. The predicted molar refractivity (Wildman–Crippen MR) is 77.6 cm³/mol. The molecule has 2 atom stereocenters. The van der Waals surface area contributed by atoms with Crippen molar-refractivity contribution in [3.05, 3.63) is 35.4 Å². The number of benzene rings is 1. The van der Waals surface area contributed by atoms with Gasteiger partial charge in [0.2, 0.25) is 0 Å². The normalized spacial score (nSPS) is 24.8. The second-order valence-corrected chi connectivity index (χ2v) is 6.31. The van der Waals surface area contributed by atoms with Crippen molar-refractivity contribution in [3.63, 3.8) is 0 Å². The first-order chi connectivity index (χ1) is 8.31. The second-order valence-electron chi connectivity index (χ2n) is 4.83. The Bertz CT molecular complexity index is 351. The first-order valence-electron chi connectivity index (χ1n) is 6.73. The molecule has 1 nitrogen and oxygen atoms in total. The second kappa shape index (κ2) is 6.46. The molecule has 1 heterocycles. The molecule has 1 fully saturated rings. The van der Waals surface area contributed by atoms with Gasteiger partial charge in [0.05, 0.1) is 0 Å². The smallest absolute Gasteiger partial charge is 0.0211 e. The predicted octanol–water partition coefficient (Wildman–Crippen LogP) is 3.62. The maximum Gasteiger partial charge on any atom is 0.0211 e. The van der Waals surface area contributed by atoms with Crippen molar-refractivity contribution in [2.24, 2.45) is 0 Å². The van der Waals surface area contributed by atoms with Crippen molar-refractivity contribution in [2.75, 3.05) is 5.75 Å². The van der Waals surface area contributed by atoms with Crippen molar-refractivity contribution in [3.8, 4) is 0 Å². The van der Waals surface area contributed by atoms with E-state index in [0.29, 0.717) is 6.04 Å². The molecular weight excluding hydrogens is 226 g/mol. The zero-order valence-corrected chi connectivity index (χ0v) is 11.7. The zero-order chi connectivity index (χ0) is 12.1. The van der Waals surface area contributed by atoms with Gasteiger partial charge < -0.3 is 5.32 Å². The molecule has 1 saturated heterocycles. The quantitative estimate of drug-likeness (QED) is 0.874. The fourth-order valence-electron chi connectivity index (χ4n) is 2.51. The Hall–Kier alpha value is -0.470. The zero-order valence-electron chi connectivity index (χ0n) is 10.9. The summed E-state index contributed by atoms with van der Waals surface area (Å²) in [7, 11) is 0. The molecule has 0 radical (unpaired) electrons. The first-order valence-corrected chi connectivity index (χ1v) is 7.78. The van der Waals surface area contributed by atoms with Gasteiger partial charge in [0, 0.05) is 17.8 Å². The lowest BCUT2D eigenvalue weighted by Crippen LogP contribution is -2.38. The highest BCUT2D eigenvalue weighted by Crippen LogP contribution is 2.25. The summed E-state index contributed by atoms with van der Waals surface area (Å²) in [5.41, 5.74) is 2.95. The lowest BCUT2D eigenvalue weighted by Gasteiger charge is -2.29. The van der Waals surface area contributed by atoms with E-state index in [0.717, 1.165) is 18.2 Å². The van der Waals surface area contributed by atoms with Gasteiger partial charge in [0.15, 0.2) is 0 Å². The van der Waals surface area contributed by atoms with Crippen molar-refractivity contribution in [1.29, 1.82) is 0 Å². The Kier molecular flexibility index (Phi) is 4.93. The summed E-state index contributed by atoms with van der Waals surface area (Å²) in [4.78, 5) is 0. The minimum atomic E-state index is 0.693. The minimum Gasteiger partial charge on any atom is -0.309 e. The van der Waals surface area contributed by atoms with Crippen LogP contribution in [0.3, 0.4) is 0 Å². The molecule has 1 N–H and O–H groups in total. The molecule has 94 valence electrons. The van der Waals surface area contributed by atoms with Gasteiger partial charge in [-0.25, -0.2) is 0 Å². The van der Waals surface area contributed by atoms with E-state index in [1.807, 2.05) is 0 Å². The van der Waals surface area contributed by atoms with Crippen LogP contribution in [0.5, 0.6) is 0 Å². The van der Waals surface area contributed by atoms with Crippen LogP contribution in [0.2, 0.25) is 0 Å². The summed E-state index contributed by atoms with van der Waals surface area (Å²) in [6.07, 6.45) is 3.83. The monoisotopic (exact) mass is 249 g/mol. The third-order valence-electron chi connectivity index (χ3n) is 3.66. The van der Waals surface area contributed by atoms with E-state index in [-0.39, 0.29) is 0 Å². The first kappa shape index (κ1) is 13.0. The van der Waals surface area contributed by atoms with Gasteiger partial charge in [0.25, 0.3) is 0 Å². The number of rotatable bonds is 4. The fourth-order valence-corrected chi connectivity index (χ4v) is 3.68. The molecule has 1 aliphatic heterocycles. The number of hydrogen-bond donors (Lipinski definition) is 1. The molecule has 0 aromatic heterocycles. The van der Waals surface area contributed by atoms with E-state index < -0.39 is 0 Å². The van der Waals surface area contributed by atoms with Crippen LogP contribution in [0.25, 0.3) is 0 Å². The minimum absolute atomic E-state index is 0.693. The van der Waals surface area contributed by atoms with Crippen molar-refractivity contribution >= 4 is 11.8 Å². The summed E-state index contributed by atoms with van der Waals surface area (Å²) in [6.45, 7) is 5.62. The highest BCUT2D eigenvalue weighted by molar-refractivity contribution is 7.99. The van der Waals surface area contributed by atoms with Crippen LogP contribution in [0.4, 0.5) is 0 Å². The number of hydrogen-bond acceptors (Lipinski definition) is 2. The highest BCUT2D eigenvalue weighted by Gasteiger charge is 2.21. The Morgan fingerprint density at radius 1 is 1.29 bits per heavy atom. The maximum absolute atomic E-state index is 3.74. The van der Waals surface area contributed by atoms with Crippen molar-refractivity contribution in [1.82, 2.24) is 5.32 Å². The average Bonchev–Trinajstić information content (AvgIpc) is 2.38. The Labute approximate surface area is 109 Å². The summed E-state index contributed by atoms with van der Waals surface area (Å²) >= 11 is 2.11. The van der Waals surface area contributed by atoms with Crippen molar-refractivity contribution < 1.29 is 0 Å². The van der Waals surface area contributed by atoms with Gasteiger partial charge in [0.1, 0.15) is 0 Å². The molecule has 1 aromatic rings. The van der Waals surface area contributed by atoms with E-state index in [2.05, 4.69) is 55.2 Å². The molecule has 0 amide bonds. The fraction of sp³-hybridized carbons (Fsp3) is 0.600. The van der Waals surface area contributed by atoms with Crippen LogP contribution in [0, 0.1) is 0 Å². The van der Waals surface area contributed by atoms with Gasteiger partial charge in [-0.15, -0.1) is 0 Å². The maximum atomic E-state index is 3.74. The molecule has 2 unspecified atom stereocenters. The molecule has 0 bridgehead atoms. The SMILES string of the molecule is CCc1ccccc1CNC1CCCSC1C. The molecule has 1 aromatic carbocycles. The number of nitrogens with one attached hydrogen (secondary N) is 1. The van der Waals surface area contributed by atoms with Crippen LogP contribution in [-0.4, -0.2) is 17.0 Å². The van der Waals surface area contributed by atoms with E-state index in [1.54, 1.807) is 0 Å². The standard InChI is InChI=1S/C15H23NS/c1-3-13-7-4-5-8-14(13)11-16-15-9-6-10-17-12(15)2/h4-5,7-8,12,15-16H,3,6,9-11H2,1-2H3. The third kappa shape index (κ3) is 3.49. The number of thioether (sulfide) groups is 1. The number of aryl methyl sites for hydroxylation is 1. The molecule has 0 aliphatic carbocycles. The Balaban J connectivity index is 1.92. The lowest BCUT2D eigenvalue weighted by molar-refractivity contribution is 0.461. The van der Waals surface area contributed by atoms with Crippen LogP contribution >= 0.6 is 11.8 Å². The molecule has 17 heavy (non-hydrogen) atoms. The summed E-state index contributed by atoms with van der Waals surface area (Å²) in [6, 6.07) is 9.48. The van der Waals surface area contributed by atoms with Crippen LogP contribution < -0.4 is 5.32 Å². The van der Waals surface area contributed by atoms with E-state index in [4.69, 9.17) is 0 Å². The van der Waals surface area contributed by atoms with Gasteiger partial charge in [-0.1, -0.05) is 38.1 Å². The molecule has 2 rings (SSSR count). The molecule has 2 heteroatoms. The largest absolute Gasteiger partial charge is 0.309 e. The van der Waals surface area contributed by atoms with E-state index >= 15 is 0 Å².